The second-order valence-corrected chi connectivity index (χ2v) is 7.11. The quantitative estimate of drug-likeness (QED) is 0.677. The van der Waals surface area contributed by atoms with E-state index < -0.39 is 0 Å². The number of hydrogen-bond acceptors (Lipinski definition) is 5. The standard InChI is InChI=1S/C22H28N2O4/c1-3-28-22(26)19-12-18(21(25)24-11-7-10-20(24)16-27-2)14-23(15-19)13-17-8-5-4-6-9-17/h4-6,8-9,14-15,20H,3,7,10-13,16H2,1-2H3/t20-/m0/s1. The van der Waals surface area contributed by atoms with Crippen LogP contribution in [0.15, 0.2) is 53.9 Å². The molecule has 2 heterocycles. The van der Waals surface area contributed by atoms with E-state index in [0.717, 1.165) is 24.9 Å². The molecule has 2 aliphatic heterocycles. The van der Waals surface area contributed by atoms with Crippen LogP contribution in [0.25, 0.3) is 0 Å². The third-order valence-electron chi connectivity index (χ3n) is 5.04. The average Bonchev–Trinajstić information content (AvgIpc) is 3.16. The summed E-state index contributed by atoms with van der Waals surface area (Å²) in [7, 11) is 1.66. The smallest absolute Gasteiger partial charge is 0.335 e. The van der Waals surface area contributed by atoms with E-state index in [1.165, 1.54) is 0 Å². The Morgan fingerprint density at radius 2 is 1.89 bits per heavy atom. The van der Waals surface area contributed by atoms with E-state index in [9.17, 15) is 9.59 Å². The summed E-state index contributed by atoms with van der Waals surface area (Å²) in [6, 6.07) is 10.1. The molecule has 1 aromatic rings. The molecular weight excluding hydrogens is 356 g/mol. The van der Waals surface area contributed by atoms with Gasteiger partial charge in [0.15, 0.2) is 0 Å². The lowest BCUT2D eigenvalue weighted by molar-refractivity contribution is -0.138. The van der Waals surface area contributed by atoms with Gasteiger partial charge in [0.05, 0.1) is 24.8 Å². The van der Waals surface area contributed by atoms with Gasteiger partial charge in [0.2, 0.25) is 0 Å². The van der Waals surface area contributed by atoms with Gasteiger partial charge in [-0.25, -0.2) is 4.79 Å². The number of amides is 1. The van der Waals surface area contributed by atoms with Crippen molar-refractivity contribution in [3.63, 3.8) is 0 Å². The summed E-state index contributed by atoms with van der Waals surface area (Å²) in [4.78, 5) is 29.4. The first-order valence-corrected chi connectivity index (χ1v) is 9.80. The Morgan fingerprint density at radius 1 is 1.14 bits per heavy atom. The zero-order valence-corrected chi connectivity index (χ0v) is 16.6. The molecule has 0 spiro atoms. The number of methoxy groups -OCH3 is 1. The van der Waals surface area contributed by atoms with Crippen LogP contribution < -0.4 is 0 Å². The summed E-state index contributed by atoms with van der Waals surface area (Å²) in [5.74, 6) is -0.388. The summed E-state index contributed by atoms with van der Waals surface area (Å²) in [6.07, 6.45) is 5.86. The lowest BCUT2D eigenvalue weighted by atomic mass is 10.0. The van der Waals surface area contributed by atoms with Gasteiger partial charge in [-0.1, -0.05) is 30.3 Å². The maximum absolute atomic E-state index is 13.2. The molecule has 1 fully saturated rings. The van der Waals surface area contributed by atoms with Crippen LogP contribution in [0.3, 0.4) is 0 Å². The summed E-state index contributed by atoms with van der Waals surface area (Å²) in [6.45, 7) is 3.94. The van der Waals surface area contributed by atoms with E-state index in [1.807, 2.05) is 46.3 Å². The number of hydrogen-bond donors (Lipinski definition) is 0. The van der Waals surface area contributed by atoms with Crippen molar-refractivity contribution in [1.29, 1.82) is 0 Å². The van der Waals surface area contributed by atoms with Crippen molar-refractivity contribution < 1.29 is 19.1 Å². The second kappa shape index (κ2) is 9.55. The summed E-state index contributed by atoms with van der Waals surface area (Å²) in [5, 5.41) is 0. The Morgan fingerprint density at radius 3 is 2.61 bits per heavy atom. The molecular formula is C22H28N2O4. The first kappa shape index (κ1) is 20.1. The molecule has 0 saturated carbocycles. The predicted octanol–water partition coefficient (Wildman–Crippen LogP) is 2.86. The minimum atomic E-state index is -0.367. The maximum atomic E-state index is 13.2. The molecule has 0 aromatic heterocycles. The molecule has 1 amide bonds. The Labute approximate surface area is 166 Å². The Hall–Kier alpha value is -2.60. The van der Waals surface area contributed by atoms with E-state index in [2.05, 4.69) is 0 Å². The molecule has 1 aromatic carbocycles. The topological polar surface area (TPSA) is 59.1 Å². The fourth-order valence-corrected chi connectivity index (χ4v) is 3.75. The second-order valence-electron chi connectivity index (χ2n) is 7.11. The van der Waals surface area contributed by atoms with E-state index in [4.69, 9.17) is 9.47 Å². The molecule has 3 rings (SSSR count). The fourth-order valence-electron chi connectivity index (χ4n) is 3.75. The lowest BCUT2D eigenvalue weighted by Crippen LogP contribution is -2.40. The number of carbonyl (C=O) groups excluding carboxylic acids is 2. The zero-order chi connectivity index (χ0) is 19.9. The molecule has 1 saturated heterocycles. The largest absolute Gasteiger partial charge is 0.463 e. The number of esters is 1. The van der Waals surface area contributed by atoms with Crippen molar-refractivity contribution in [3.8, 4) is 0 Å². The van der Waals surface area contributed by atoms with Crippen molar-refractivity contribution in [2.24, 2.45) is 0 Å². The Kier molecular flexibility index (Phi) is 6.87. The third-order valence-corrected chi connectivity index (χ3v) is 5.04. The Balaban J connectivity index is 1.82. The van der Waals surface area contributed by atoms with Gasteiger partial charge in [0.25, 0.3) is 5.91 Å². The van der Waals surface area contributed by atoms with Gasteiger partial charge in [-0.15, -0.1) is 0 Å². The van der Waals surface area contributed by atoms with E-state index in [0.29, 0.717) is 37.3 Å². The minimum Gasteiger partial charge on any atom is -0.463 e. The predicted molar refractivity (Wildman–Crippen MR) is 106 cm³/mol. The van der Waals surface area contributed by atoms with Crippen molar-refractivity contribution in [2.45, 2.75) is 38.8 Å². The van der Waals surface area contributed by atoms with Gasteiger partial charge >= 0.3 is 5.97 Å². The van der Waals surface area contributed by atoms with E-state index in [1.54, 1.807) is 20.2 Å². The molecule has 150 valence electrons. The highest BCUT2D eigenvalue weighted by Gasteiger charge is 2.32. The molecule has 6 nitrogen and oxygen atoms in total. The number of benzene rings is 1. The molecule has 6 heteroatoms. The number of carbonyl (C=O) groups is 2. The van der Waals surface area contributed by atoms with E-state index in [-0.39, 0.29) is 17.9 Å². The number of nitrogens with zero attached hydrogens (tertiary/aromatic N) is 2. The molecule has 0 radical (unpaired) electrons. The van der Waals surface area contributed by atoms with Crippen LogP contribution in [-0.2, 0) is 25.6 Å². The highest BCUT2D eigenvalue weighted by Crippen LogP contribution is 2.27. The molecule has 28 heavy (non-hydrogen) atoms. The third kappa shape index (κ3) is 4.81. The summed E-state index contributed by atoms with van der Waals surface area (Å²) < 4.78 is 10.5. The summed E-state index contributed by atoms with van der Waals surface area (Å²) >= 11 is 0. The summed E-state index contributed by atoms with van der Waals surface area (Å²) in [5.41, 5.74) is 2.22. The highest BCUT2D eigenvalue weighted by molar-refractivity contribution is 5.98. The van der Waals surface area contributed by atoms with Gasteiger partial charge in [-0.05, 0) is 25.3 Å². The van der Waals surface area contributed by atoms with Crippen LogP contribution in [0.5, 0.6) is 0 Å². The molecule has 0 aliphatic carbocycles. The normalized spacial score (nSPS) is 19.3. The zero-order valence-electron chi connectivity index (χ0n) is 16.6. The van der Waals surface area contributed by atoms with Crippen LogP contribution in [-0.4, -0.2) is 54.6 Å². The van der Waals surface area contributed by atoms with Crippen LogP contribution >= 0.6 is 0 Å². The van der Waals surface area contributed by atoms with Gasteiger partial charge in [-0.2, -0.15) is 0 Å². The minimum absolute atomic E-state index is 0.0208. The highest BCUT2D eigenvalue weighted by atomic mass is 16.5. The van der Waals surface area contributed by atoms with Gasteiger partial charge in [0.1, 0.15) is 0 Å². The molecule has 0 N–H and O–H groups in total. The molecule has 1 atom stereocenters. The monoisotopic (exact) mass is 384 g/mol. The van der Waals surface area contributed by atoms with E-state index >= 15 is 0 Å². The van der Waals surface area contributed by atoms with Crippen LogP contribution in [0.2, 0.25) is 0 Å². The van der Waals surface area contributed by atoms with Crippen LogP contribution in [0.4, 0.5) is 0 Å². The van der Waals surface area contributed by atoms with Gasteiger partial charge < -0.3 is 19.3 Å². The maximum Gasteiger partial charge on any atom is 0.335 e. The van der Waals surface area contributed by atoms with Crippen LogP contribution in [0.1, 0.15) is 31.7 Å². The first-order valence-electron chi connectivity index (χ1n) is 9.80. The van der Waals surface area contributed by atoms with Crippen molar-refractivity contribution in [3.05, 3.63) is 59.4 Å². The molecule has 2 aliphatic rings. The number of likely N-dealkylation sites (tertiary alicyclic amines) is 1. The van der Waals surface area contributed by atoms with Crippen molar-refractivity contribution in [1.82, 2.24) is 9.80 Å². The number of ether oxygens (including phenoxy) is 2. The molecule has 0 bridgehead atoms. The number of rotatable bonds is 7. The van der Waals surface area contributed by atoms with Gasteiger partial charge in [0, 0.05) is 44.6 Å². The van der Waals surface area contributed by atoms with Crippen molar-refractivity contribution in [2.75, 3.05) is 26.9 Å². The van der Waals surface area contributed by atoms with Crippen LogP contribution in [0, 0.1) is 0 Å². The fraction of sp³-hybridized carbons (Fsp3) is 0.455. The average molecular weight is 384 g/mol. The molecule has 0 unspecified atom stereocenters. The van der Waals surface area contributed by atoms with Crippen molar-refractivity contribution >= 4 is 11.9 Å². The first-order chi connectivity index (χ1) is 13.6. The Bertz CT molecular complexity index is 757. The van der Waals surface area contributed by atoms with Gasteiger partial charge in [-0.3, -0.25) is 4.79 Å². The SMILES string of the molecule is CCOC(=O)C1=CN(Cc2ccccc2)C=C(C(=O)N2CCC[C@H]2COC)C1. The lowest BCUT2D eigenvalue weighted by Gasteiger charge is -2.29.